The van der Waals surface area contributed by atoms with Gasteiger partial charge in [-0.15, -0.1) is 0 Å². The fourth-order valence-electron chi connectivity index (χ4n) is 1.68. The zero-order valence-electron chi connectivity index (χ0n) is 10.3. The second-order valence-electron chi connectivity index (χ2n) is 3.85. The Bertz CT molecular complexity index is 241. The first kappa shape index (κ1) is 16.6. The molecular weight excluding hydrogens is 250 g/mol. The molecule has 0 bridgehead atoms. The van der Waals surface area contributed by atoms with Crippen LogP contribution >= 0.6 is 0 Å². The predicted octanol–water partition coefficient (Wildman–Crippen LogP) is -4.41. The average Bonchev–Trinajstić information content (AvgIpc) is 2.30. The summed E-state index contributed by atoms with van der Waals surface area (Å²) in [7, 11) is 3.13. The van der Waals surface area contributed by atoms with Gasteiger partial charge in [-0.05, 0) is 6.92 Å². The molecule has 1 saturated heterocycles. The van der Waals surface area contributed by atoms with Crippen molar-refractivity contribution in [3.05, 3.63) is 0 Å². The maximum absolute atomic E-state index is 11.5. The molecule has 0 radical (unpaired) electrons. The number of carbonyl (C=O) groups excluding carboxylic acids is 1. The summed E-state index contributed by atoms with van der Waals surface area (Å²) in [5, 5.41) is 0. The van der Waals surface area contributed by atoms with E-state index < -0.39 is 6.04 Å². The lowest BCUT2D eigenvalue weighted by molar-refractivity contribution is -0.415. The van der Waals surface area contributed by atoms with Crippen molar-refractivity contribution in [3.8, 4) is 0 Å². The first-order valence-corrected chi connectivity index (χ1v) is 5.27. The number of methoxy groups -OCH3 is 2. The van der Waals surface area contributed by atoms with Gasteiger partial charge in [0, 0.05) is 14.2 Å². The molecule has 0 aromatic heterocycles. The number of quaternary nitrogens is 1. The van der Waals surface area contributed by atoms with Crippen LogP contribution in [0.5, 0.6) is 0 Å². The molecule has 0 spiro atoms. The van der Waals surface area contributed by atoms with E-state index in [1.54, 1.807) is 21.1 Å². The number of cyclic esters (lactones) is 1. The van der Waals surface area contributed by atoms with Crippen molar-refractivity contribution in [2.75, 3.05) is 27.4 Å². The van der Waals surface area contributed by atoms with E-state index in [2.05, 4.69) is 5.73 Å². The summed E-state index contributed by atoms with van der Waals surface area (Å²) >= 11 is 0. The smallest absolute Gasteiger partial charge is 0.367 e. The molecule has 6 nitrogen and oxygen atoms in total. The highest BCUT2D eigenvalue weighted by molar-refractivity contribution is 5.74. The SMILES string of the molecule is CO[C@H]1[C@H](C)OC(=O)[C@@H]([NH3+])COC[C@@H]1OC.[Cl-]. The zero-order chi connectivity index (χ0) is 12.1. The van der Waals surface area contributed by atoms with E-state index in [9.17, 15) is 4.79 Å². The topological polar surface area (TPSA) is 81.6 Å². The second-order valence-corrected chi connectivity index (χ2v) is 3.85. The van der Waals surface area contributed by atoms with Gasteiger partial charge in [-0.2, -0.15) is 0 Å². The highest BCUT2D eigenvalue weighted by Gasteiger charge is 2.34. The third-order valence-electron chi connectivity index (χ3n) is 2.64. The summed E-state index contributed by atoms with van der Waals surface area (Å²) in [6.07, 6.45) is -0.967. The largest absolute Gasteiger partial charge is 1.00 e. The van der Waals surface area contributed by atoms with Crippen LogP contribution in [0.3, 0.4) is 0 Å². The molecule has 1 aliphatic rings. The Morgan fingerprint density at radius 3 is 2.47 bits per heavy atom. The number of halogens is 1. The molecule has 0 aromatic rings. The molecule has 1 aliphatic heterocycles. The average molecular weight is 270 g/mol. The van der Waals surface area contributed by atoms with Crippen LogP contribution < -0.4 is 18.1 Å². The van der Waals surface area contributed by atoms with Crippen molar-refractivity contribution < 1.29 is 41.9 Å². The molecule has 17 heavy (non-hydrogen) atoms. The highest BCUT2D eigenvalue weighted by Crippen LogP contribution is 2.13. The van der Waals surface area contributed by atoms with Gasteiger partial charge in [0.2, 0.25) is 6.04 Å². The van der Waals surface area contributed by atoms with Gasteiger partial charge in [-0.3, -0.25) is 0 Å². The molecule has 0 unspecified atom stereocenters. The summed E-state index contributed by atoms with van der Waals surface area (Å²) in [5.74, 6) is -0.369. The minimum atomic E-state index is -0.504. The zero-order valence-corrected chi connectivity index (χ0v) is 11.1. The van der Waals surface area contributed by atoms with E-state index in [0.29, 0.717) is 6.61 Å². The molecule has 0 amide bonds. The molecule has 1 rings (SSSR count). The third-order valence-corrected chi connectivity index (χ3v) is 2.64. The number of esters is 1. The molecule has 102 valence electrons. The molecule has 4 atom stereocenters. The van der Waals surface area contributed by atoms with E-state index in [1.807, 2.05) is 0 Å². The molecular formula is C10H20ClNO5. The Balaban J connectivity index is 0.00000256. The van der Waals surface area contributed by atoms with Gasteiger partial charge in [0.15, 0.2) is 0 Å². The fraction of sp³-hybridized carbons (Fsp3) is 0.900. The number of hydrogen-bond donors (Lipinski definition) is 1. The monoisotopic (exact) mass is 269 g/mol. The lowest BCUT2D eigenvalue weighted by atomic mass is 10.1. The number of hydrogen-bond acceptors (Lipinski definition) is 5. The van der Waals surface area contributed by atoms with Gasteiger partial charge < -0.3 is 37.1 Å². The Labute approximate surface area is 107 Å². The van der Waals surface area contributed by atoms with Crippen LogP contribution in [0.25, 0.3) is 0 Å². The highest BCUT2D eigenvalue weighted by atomic mass is 35.5. The van der Waals surface area contributed by atoms with E-state index in [-0.39, 0.29) is 43.3 Å². The second kappa shape index (κ2) is 7.84. The van der Waals surface area contributed by atoms with Crippen LogP contribution in [0.4, 0.5) is 0 Å². The maximum atomic E-state index is 11.5. The van der Waals surface area contributed by atoms with Crippen molar-refractivity contribution in [1.29, 1.82) is 0 Å². The summed E-state index contributed by atoms with van der Waals surface area (Å²) in [6.45, 7) is 2.37. The Kier molecular flexibility index (Phi) is 7.65. The number of carbonyl (C=O) groups is 1. The van der Waals surface area contributed by atoms with Crippen molar-refractivity contribution in [1.82, 2.24) is 0 Å². The molecule has 0 aromatic carbocycles. The molecule has 1 fully saturated rings. The van der Waals surface area contributed by atoms with Crippen LogP contribution in [0.15, 0.2) is 0 Å². The van der Waals surface area contributed by atoms with Crippen molar-refractivity contribution in [2.24, 2.45) is 0 Å². The van der Waals surface area contributed by atoms with E-state index in [1.165, 1.54) is 0 Å². The predicted molar refractivity (Wildman–Crippen MR) is 54.6 cm³/mol. The van der Waals surface area contributed by atoms with Crippen LogP contribution in [0, 0.1) is 0 Å². The first-order chi connectivity index (χ1) is 7.60. The van der Waals surface area contributed by atoms with E-state index in [0.717, 1.165) is 0 Å². The van der Waals surface area contributed by atoms with Gasteiger partial charge in [-0.1, -0.05) is 0 Å². The number of rotatable bonds is 2. The molecule has 0 aliphatic carbocycles. The van der Waals surface area contributed by atoms with E-state index in [4.69, 9.17) is 18.9 Å². The fourth-order valence-corrected chi connectivity index (χ4v) is 1.68. The van der Waals surface area contributed by atoms with Gasteiger partial charge in [0.25, 0.3) is 0 Å². The van der Waals surface area contributed by atoms with Crippen molar-refractivity contribution >= 4 is 5.97 Å². The summed E-state index contributed by atoms with van der Waals surface area (Å²) in [4.78, 5) is 11.5. The van der Waals surface area contributed by atoms with Crippen LogP contribution in [-0.4, -0.2) is 57.8 Å². The van der Waals surface area contributed by atoms with Crippen molar-refractivity contribution in [2.45, 2.75) is 31.3 Å². The summed E-state index contributed by atoms with van der Waals surface area (Å²) in [6, 6.07) is -0.504. The molecule has 7 heteroatoms. The van der Waals surface area contributed by atoms with Gasteiger partial charge in [-0.25, -0.2) is 4.79 Å². The van der Waals surface area contributed by atoms with Crippen LogP contribution in [0.1, 0.15) is 6.92 Å². The molecule has 1 heterocycles. The normalized spacial score (nSPS) is 34.9. The van der Waals surface area contributed by atoms with E-state index >= 15 is 0 Å². The minimum Gasteiger partial charge on any atom is -1.00 e. The Hall–Kier alpha value is -0.400. The number of ether oxygens (including phenoxy) is 4. The maximum Gasteiger partial charge on any atom is 0.367 e. The standard InChI is InChI=1S/C10H19NO5.ClH/c1-6-9(14-3)8(13-2)5-15-4-7(11)10(12)16-6;/h6-9H,4-5,11H2,1-3H3;1H/t6-,7-,8-,9-;/m0./s1. The quantitative estimate of drug-likeness (QED) is 0.512. The Morgan fingerprint density at radius 1 is 1.29 bits per heavy atom. The summed E-state index contributed by atoms with van der Waals surface area (Å²) < 4.78 is 21.1. The van der Waals surface area contributed by atoms with Gasteiger partial charge in [0.1, 0.15) is 24.9 Å². The summed E-state index contributed by atoms with van der Waals surface area (Å²) in [5.41, 5.74) is 3.68. The molecule has 0 saturated carbocycles. The minimum absolute atomic E-state index is 0. The lowest BCUT2D eigenvalue weighted by Gasteiger charge is -2.27. The Morgan fingerprint density at radius 2 is 1.94 bits per heavy atom. The third kappa shape index (κ3) is 4.40. The first-order valence-electron chi connectivity index (χ1n) is 5.27. The molecule has 3 N–H and O–H groups in total. The van der Waals surface area contributed by atoms with Crippen LogP contribution in [-0.2, 0) is 23.7 Å². The van der Waals surface area contributed by atoms with Gasteiger partial charge in [0.05, 0.1) is 6.61 Å². The lowest BCUT2D eigenvalue weighted by Crippen LogP contribution is -3.00. The van der Waals surface area contributed by atoms with Crippen LogP contribution in [0.2, 0.25) is 0 Å². The van der Waals surface area contributed by atoms with Gasteiger partial charge >= 0.3 is 5.97 Å². The van der Waals surface area contributed by atoms with Crippen molar-refractivity contribution in [3.63, 3.8) is 0 Å².